The van der Waals surface area contributed by atoms with Gasteiger partial charge in [-0.05, 0) is 55.1 Å². The lowest BCUT2D eigenvalue weighted by atomic mass is 9.88. The molecule has 0 aliphatic carbocycles. The summed E-state index contributed by atoms with van der Waals surface area (Å²) < 4.78 is 13.1. The van der Waals surface area contributed by atoms with Crippen molar-refractivity contribution in [1.82, 2.24) is 10.4 Å². The normalized spacial score (nSPS) is 17.4. The summed E-state index contributed by atoms with van der Waals surface area (Å²) in [5.41, 5.74) is 3.79. The number of likely N-dealkylation sites (tertiary alicyclic amines) is 1. The molecule has 1 fully saturated rings. The monoisotopic (exact) mass is 328 g/mol. The van der Waals surface area contributed by atoms with E-state index in [1.54, 1.807) is 5.48 Å². The number of hydrogen-bond donors (Lipinski definition) is 2. The van der Waals surface area contributed by atoms with Crippen LogP contribution >= 0.6 is 0 Å². The standard InChI is InChI=1S/C19H21FN2O2/c20-17-8-6-14(7-9-17)15-10-12-22(13-11-15)18(19(23)21-24)16-4-2-1-3-5-16/h1-9,15,18,24H,10-13H2,(H,21,23). The van der Waals surface area contributed by atoms with Gasteiger partial charge in [0.15, 0.2) is 0 Å². The zero-order chi connectivity index (χ0) is 16.9. The molecule has 1 unspecified atom stereocenters. The van der Waals surface area contributed by atoms with E-state index in [2.05, 4.69) is 4.90 Å². The molecular formula is C19H21FN2O2. The van der Waals surface area contributed by atoms with Crippen LogP contribution in [-0.4, -0.2) is 29.1 Å². The largest absolute Gasteiger partial charge is 0.289 e. The molecule has 24 heavy (non-hydrogen) atoms. The molecule has 5 heteroatoms. The van der Waals surface area contributed by atoms with E-state index in [4.69, 9.17) is 5.21 Å². The second-order valence-electron chi connectivity index (χ2n) is 6.15. The van der Waals surface area contributed by atoms with Crippen LogP contribution in [0.4, 0.5) is 4.39 Å². The minimum absolute atomic E-state index is 0.222. The summed E-state index contributed by atoms with van der Waals surface area (Å²) in [6.45, 7) is 1.49. The Hall–Kier alpha value is -2.24. The van der Waals surface area contributed by atoms with Gasteiger partial charge in [-0.15, -0.1) is 0 Å². The van der Waals surface area contributed by atoms with Gasteiger partial charge in [0.25, 0.3) is 5.91 Å². The number of nitrogens with zero attached hydrogens (tertiary/aromatic N) is 1. The molecule has 2 aromatic rings. The number of nitrogens with one attached hydrogen (secondary N) is 1. The number of piperidine rings is 1. The van der Waals surface area contributed by atoms with Crippen molar-refractivity contribution in [3.8, 4) is 0 Å². The van der Waals surface area contributed by atoms with Crippen LogP contribution in [0, 0.1) is 5.82 Å². The van der Waals surface area contributed by atoms with Crippen LogP contribution in [-0.2, 0) is 4.79 Å². The summed E-state index contributed by atoms with van der Waals surface area (Å²) in [5, 5.41) is 9.09. The topological polar surface area (TPSA) is 52.6 Å². The first-order chi connectivity index (χ1) is 11.7. The zero-order valence-electron chi connectivity index (χ0n) is 13.4. The van der Waals surface area contributed by atoms with Crippen LogP contribution < -0.4 is 5.48 Å². The van der Waals surface area contributed by atoms with Gasteiger partial charge in [0.2, 0.25) is 0 Å². The van der Waals surface area contributed by atoms with E-state index in [1.807, 2.05) is 42.5 Å². The SMILES string of the molecule is O=C(NO)C(c1ccccc1)N1CCC(c2ccc(F)cc2)CC1. The molecule has 0 bridgehead atoms. The predicted octanol–water partition coefficient (Wildman–Crippen LogP) is 3.25. The smallest absolute Gasteiger partial charge is 0.265 e. The second-order valence-corrected chi connectivity index (χ2v) is 6.15. The minimum atomic E-state index is -0.495. The predicted molar refractivity (Wildman–Crippen MR) is 89.1 cm³/mol. The Morgan fingerprint density at radius 2 is 1.71 bits per heavy atom. The summed E-state index contributed by atoms with van der Waals surface area (Å²) in [4.78, 5) is 14.2. The number of amides is 1. The Bertz CT molecular complexity index is 668. The van der Waals surface area contributed by atoms with Gasteiger partial charge in [-0.2, -0.15) is 0 Å². The Morgan fingerprint density at radius 3 is 2.29 bits per heavy atom. The second kappa shape index (κ2) is 7.55. The number of hydrogen-bond acceptors (Lipinski definition) is 3. The van der Waals surface area contributed by atoms with E-state index in [9.17, 15) is 9.18 Å². The molecule has 126 valence electrons. The maximum atomic E-state index is 13.1. The van der Waals surface area contributed by atoms with Crippen LogP contribution in [0.3, 0.4) is 0 Å². The number of hydroxylamine groups is 1. The first-order valence-electron chi connectivity index (χ1n) is 8.17. The van der Waals surface area contributed by atoms with Crippen molar-refractivity contribution in [1.29, 1.82) is 0 Å². The maximum Gasteiger partial charge on any atom is 0.265 e. The number of benzene rings is 2. The van der Waals surface area contributed by atoms with Crippen molar-refractivity contribution >= 4 is 5.91 Å². The molecule has 1 aliphatic heterocycles. The summed E-state index contributed by atoms with van der Waals surface area (Å²) in [5.74, 6) is -0.267. The highest BCUT2D eigenvalue weighted by Crippen LogP contribution is 2.32. The third-order valence-corrected chi connectivity index (χ3v) is 4.71. The summed E-state index contributed by atoms with van der Waals surface area (Å²) >= 11 is 0. The molecule has 1 aliphatic rings. The lowest BCUT2D eigenvalue weighted by Crippen LogP contribution is -2.43. The molecule has 3 rings (SSSR count). The summed E-state index contributed by atoms with van der Waals surface area (Å²) in [6.07, 6.45) is 1.79. The van der Waals surface area contributed by atoms with Crippen LogP contribution in [0.2, 0.25) is 0 Å². The number of halogens is 1. The van der Waals surface area contributed by atoms with Gasteiger partial charge in [-0.3, -0.25) is 14.9 Å². The lowest BCUT2D eigenvalue weighted by Gasteiger charge is -2.36. The Labute approximate surface area is 140 Å². The molecule has 1 saturated heterocycles. The molecule has 0 saturated carbocycles. The van der Waals surface area contributed by atoms with Crippen molar-refractivity contribution in [2.75, 3.05) is 13.1 Å². The van der Waals surface area contributed by atoms with Gasteiger partial charge < -0.3 is 0 Å². The first kappa shape index (κ1) is 16.6. The highest BCUT2D eigenvalue weighted by molar-refractivity contribution is 5.82. The third kappa shape index (κ3) is 3.63. The maximum absolute atomic E-state index is 13.1. The molecule has 4 nitrogen and oxygen atoms in total. The van der Waals surface area contributed by atoms with Gasteiger partial charge in [-0.25, -0.2) is 9.87 Å². The van der Waals surface area contributed by atoms with Gasteiger partial charge in [-0.1, -0.05) is 42.5 Å². The van der Waals surface area contributed by atoms with Crippen LogP contribution in [0.1, 0.15) is 35.9 Å². The summed E-state index contributed by atoms with van der Waals surface area (Å²) in [7, 11) is 0. The lowest BCUT2D eigenvalue weighted by molar-refractivity contribution is -0.135. The van der Waals surface area contributed by atoms with E-state index in [-0.39, 0.29) is 5.82 Å². The van der Waals surface area contributed by atoms with Crippen molar-refractivity contribution in [3.63, 3.8) is 0 Å². The number of carbonyl (C=O) groups excluding carboxylic acids is 1. The van der Waals surface area contributed by atoms with Crippen molar-refractivity contribution < 1.29 is 14.4 Å². The van der Waals surface area contributed by atoms with Crippen molar-refractivity contribution in [3.05, 3.63) is 71.5 Å². The van der Waals surface area contributed by atoms with Crippen LogP contribution in [0.15, 0.2) is 54.6 Å². The quantitative estimate of drug-likeness (QED) is 0.669. The third-order valence-electron chi connectivity index (χ3n) is 4.71. The van der Waals surface area contributed by atoms with E-state index in [0.717, 1.165) is 37.1 Å². The molecule has 1 atom stereocenters. The highest BCUT2D eigenvalue weighted by Gasteiger charge is 2.31. The van der Waals surface area contributed by atoms with Crippen molar-refractivity contribution in [2.45, 2.75) is 24.8 Å². The highest BCUT2D eigenvalue weighted by atomic mass is 19.1. The first-order valence-corrected chi connectivity index (χ1v) is 8.17. The Morgan fingerprint density at radius 1 is 1.08 bits per heavy atom. The fourth-order valence-electron chi connectivity index (χ4n) is 3.45. The van der Waals surface area contributed by atoms with Gasteiger partial charge in [0.05, 0.1) is 0 Å². The Balaban J connectivity index is 1.71. The number of rotatable bonds is 4. The van der Waals surface area contributed by atoms with Crippen molar-refractivity contribution in [2.24, 2.45) is 0 Å². The molecule has 1 heterocycles. The zero-order valence-corrected chi connectivity index (χ0v) is 13.4. The minimum Gasteiger partial charge on any atom is -0.289 e. The molecule has 2 aromatic carbocycles. The van der Waals surface area contributed by atoms with Gasteiger partial charge in [0.1, 0.15) is 11.9 Å². The van der Waals surface area contributed by atoms with E-state index in [1.165, 1.54) is 12.1 Å². The average Bonchev–Trinajstić information content (AvgIpc) is 2.64. The molecule has 2 N–H and O–H groups in total. The van der Waals surface area contributed by atoms with E-state index in [0.29, 0.717) is 5.92 Å². The molecule has 0 aromatic heterocycles. The fraction of sp³-hybridized carbons (Fsp3) is 0.316. The van der Waals surface area contributed by atoms with E-state index >= 15 is 0 Å². The number of carbonyl (C=O) groups is 1. The molecular weight excluding hydrogens is 307 g/mol. The molecule has 1 amide bonds. The fourth-order valence-corrected chi connectivity index (χ4v) is 3.45. The molecule has 0 spiro atoms. The van der Waals surface area contributed by atoms with E-state index < -0.39 is 11.9 Å². The van der Waals surface area contributed by atoms with Gasteiger partial charge >= 0.3 is 0 Å². The Kier molecular flexibility index (Phi) is 5.23. The summed E-state index contributed by atoms with van der Waals surface area (Å²) in [6, 6.07) is 15.6. The molecule has 0 radical (unpaired) electrons. The van der Waals surface area contributed by atoms with Crippen LogP contribution in [0.25, 0.3) is 0 Å². The average molecular weight is 328 g/mol. The van der Waals surface area contributed by atoms with Gasteiger partial charge in [0, 0.05) is 0 Å². The van der Waals surface area contributed by atoms with Crippen LogP contribution in [0.5, 0.6) is 0 Å².